The van der Waals surface area contributed by atoms with Gasteiger partial charge in [-0.05, 0) is 135 Å². The van der Waals surface area contributed by atoms with Crippen LogP contribution < -0.4 is 15.6 Å². The van der Waals surface area contributed by atoms with E-state index in [0.717, 1.165) is 111 Å². The van der Waals surface area contributed by atoms with Gasteiger partial charge in [0.25, 0.3) is 0 Å². The molecular formula is C115H101Ir3N9O5Si3-6. The van der Waals surface area contributed by atoms with Crippen LogP contribution in [0.3, 0.4) is 0 Å². The largest absolute Gasteiger partial charge is 0.476 e. The summed E-state index contributed by atoms with van der Waals surface area (Å²) in [5.41, 5.74) is 24.7. The Bertz CT molecular complexity index is 7290. The number of pyridine rings is 3. The molecule has 8 heterocycles. The molecular weight excluding hydrogens is 2250 g/mol. The minimum atomic E-state index is -1.45. The smallest absolute Gasteiger partial charge is 0.237 e. The average molecular weight is 2350 g/mol. The Morgan fingerprint density at radius 3 is 0.970 bits per heavy atom. The van der Waals surface area contributed by atoms with E-state index in [1.807, 2.05) is 231 Å². The van der Waals surface area contributed by atoms with E-state index < -0.39 is 24.2 Å². The number of nitrogens with zero attached hydrogens (tertiary/aromatic N) is 9. The van der Waals surface area contributed by atoms with Gasteiger partial charge in [0.15, 0.2) is 17.7 Å². The fraction of sp³-hybridized carbons (Fsp3) is 0.139. The predicted molar refractivity (Wildman–Crippen MR) is 545 cm³/mol. The number of hydrogen-bond acceptors (Lipinski definition) is 14. The molecule has 0 saturated heterocycles. The van der Waals surface area contributed by atoms with Crippen LogP contribution in [0.2, 0.25) is 58.9 Å². The van der Waals surface area contributed by atoms with E-state index in [4.69, 9.17) is 32.1 Å². The summed E-state index contributed by atoms with van der Waals surface area (Å²) in [6.45, 7) is 34.6. The molecule has 20 heteroatoms. The first-order valence-electron chi connectivity index (χ1n) is 44.1. The molecule has 14 nitrogen and oxygen atoms in total. The van der Waals surface area contributed by atoms with Crippen LogP contribution in [0, 0.1) is 57.2 Å². The Kier molecular flexibility index (Phi) is 32.7. The number of benzene rings is 13. The Morgan fingerprint density at radius 1 is 0.252 bits per heavy atom. The van der Waals surface area contributed by atoms with Crippen LogP contribution in [0.1, 0.15) is 43.0 Å². The third-order valence-corrected chi connectivity index (χ3v) is 28.6. The number of hydrogen-bond donors (Lipinski definition) is 0. The summed E-state index contributed by atoms with van der Waals surface area (Å²) in [6, 6.07) is 126. The monoisotopic (exact) mass is 2350 g/mol. The van der Waals surface area contributed by atoms with Crippen molar-refractivity contribution in [1.82, 2.24) is 45.5 Å². The second-order valence-corrected chi connectivity index (χ2v) is 51.5. The van der Waals surface area contributed by atoms with Crippen LogP contribution in [0.15, 0.2) is 362 Å². The van der Waals surface area contributed by atoms with Gasteiger partial charge in [-0.2, -0.15) is 15.3 Å². The van der Waals surface area contributed by atoms with Crippen LogP contribution in [0.25, 0.3) is 169 Å². The number of para-hydroxylation sites is 2. The minimum absolute atomic E-state index is 0. The molecule has 0 N–H and O–H groups in total. The summed E-state index contributed by atoms with van der Waals surface area (Å²) in [7, 11) is -4.06. The maximum atomic E-state index is 5.90. The van der Waals surface area contributed by atoms with Gasteiger partial charge in [0, 0.05) is 95.6 Å². The molecule has 13 aromatic carbocycles. The third-order valence-electron chi connectivity index (χ3n) is 22.3. The van der Waals surface area contributed by atoms with Crippen molar-refractivity contribution in [2.24, 2.45) is 0 Å². The number of aryl methyl sites for hydroxylation is 3. The van der Waals surface area contributed by atoms with E-state index in [1.165, 1.54) is 60.1 Å². The van der Waals surface area contributed by atoms with Crippen LogP contribution >= 0.6 is 0 Å². The van der Waals surface area contributed by atoms with Crippen LogP contribution in [-0.2, 0) is 65.7 Å². The van der Waals surface area contributed by atoms with Crippen molar-refractivity contribution in [1.29, 1.82) is 0 Å². The average Bonchev–Trinajstić information content (AvgIpc) is 1.70. The first kappa shape index (κ1) is 99.4. The van der Waals surface area contributed by atoms with Crippen molar-refractivity contribution in [3.8, 4) is 125 Å². The summed E-state index contributed by atoms with van der Waals surface area (Å²) < 4.78 is 29.0. The number of rotatable bonds is 14. The fourth-order valence-electron chi connectivity index (χ4n) is 15.5. The van der Waals surface area contributed by atoms with Crippen LogP contribution in [-0.4, -0.2) is 69.8 Å². The van der Waals surface area contributed by atoms with Gasteiger partial charge in [0.1, 0.15) is 11.2 Å². The summed E-state index contributed by atoms with van der Waals surface area (Å²) in [6.07, 6.45) is 6.24. The fourth-order valence-corrected chi connectivity index (χ4v) is 20.6. The quantitative estimate of drug-likeness (QED) is 0.0740. The number of furan rings is 2. The minimum Gasteiger partial charge on any atom is -0.476 e. The Hall–Kier alpha value is -13.1. The van der Waals surface area contributed by atoms with Crippen molar-refractivity contribution in [2.75, 3.05) is 0 Å². The zero-order valence-electron chi connectivity index (χ0n) is 77.9. The molecule has 0 aliphatic rings. The van der Waals surface area contributed by atoms with Gasteiger partial charge in [-0.3, -0.25) is 0 Å². The predicted octanol–water partition coefficient (Wildman–Crippen LogP) is 28.2. The van der Waals surface area contributed by atoms with E-state index in [9.17, 15) is 0 Å². The first-order valence-corrected chi connectivity index (χ1v) is 54.6. The van der Waals surface area contributed by atoms with Crippen molar-refractivity contribution >= 4 is 83.7 Å². The zero-order valence-corrected chi connectivity index (χ0v) is 88.1. The van der Waals surface area contributed by atoms with E-state index in [-0.39, 0.29) is 65.7 Å². The second-order valence-electron chi connectivity index (χ2n) is 36.4. The second kappa shape index (κ2) is 44.4. The summed E-state index contributed by atoms with van der Waals surface area (Å²) in [5, 5.41) is 33.1. The summed E-state index contributed by atoms with van der Waals surface area (Å²) in [5.74, 6) is 2.85. The molecule has 0 bridgehead atoms. The molecule has 0 fully saturated rings. The molecule has 0 amide bonds. The van der Waals surface area contributed by atoms with Crippen molar-refractivity contribution < 1.29 is 82.4 Å². The molecule has 21 rings (SSSR count). The molecule has 3 radical (unpaired) electrons. The molecule has 21 aromatic rings. The van der Waals surface area contributed by atoms with Gasteiger partial charge in [-0.25, -0.2) is 0 Å². The van der Waals surface area contributed by atoms with Gasteiger partial charge in [0.05, 0.1) is 35.4 Å². The SMILES string of the molecule is CC(C)(C)c1cc(-c2[c-]ccc(-c3ccccc3)c2)ncc1[Si](C)(C)C.Cc1cc(-c2[c-]ccc(-c3ccccc3)c2)ncc1[Si](C)(C)C.Cc1cc(-c2[c-]cccc2)ncc1[Si](C)(C)C.Cc1ccc(-c2nnc(-c3[c-]cccc3)o2)cc1.[Ir].[Ir].[Ir].[c-]1cc2c(cc1-c1nnc(-c3ccccc3)o1)oc1ccccc12.[c-]1cc2c(cc1-c1nnc(-c3ccccc3)o1)oc1ccccc12. The third kappa shape index (κ3) is 24.7. The molecule has 681 valence electrons. The van der Waals surface area contributed by atoms with Gasteiger partial charge in [-0.1, -0.05) is 300 Å². The van der Waals surface area contributed by atoms with Gasteiger partial charge < -0.3 is 37.0 Å². The van der Waals surface area contributed by atoms with E-state index in [2.05, 4.69) is 281 Å². The normalized spacial score (nSPS) is 11.2. The van der Waals surface area contributed by atoms with Crippen molar-refractivity contribution in [2.45, 2.75) is 106 Å². The van der Waals surface area contributed by atoms with Gasteiger partial charge >= 0.3 is 0 Å². The Balaban J connectivity index is 0.000000137. The van der Waals surface area contributed by atoms with E-state index >= 15 is 0 Å². The zero-order chi connectivity index (χ0) is 92.1. The van der Waals surface area contributed by atoms with Gasteiger partial charge in [-0.15, -0.1) is 177 Å². The van der Waals surface area contributed by atoms with Crippen LogP contribution in [0.5, 0.6) is 0 Å². The number of fused-ring (bicyclic) bond motifs is 6. The Labute approximate surface area is 833 Å². The van der Waals surface area contributed by atoms with Crippen molar-refractivity contribution in [3.05, 3.63) is 399 Å². The summed E-state index contributed by atoms with van der Waals surface area (Å²) in [4.78, 5) is 14.1. The molecule has 0 atom stereocenters. The molecule has 0 spiro atoms. The number of aromatic nitrogens is 9. The summed E-state index contributed by atoms with van der Waals surface area (Å²) >= 11 is 0. The molecule has 8 aromatic heterocycles. The molecule has 135 heavy (non-hydrogen) atoms. The topological polar surface area (TPSA) is 182 Å². The molecule has 0 aliphatic heterocycles. The first-order chi connectivity index (χ1) is 63.7. The molecule has 0 saturated carbocycles. The standard InChI is InChI=1S/C24H28NSi.C21H22NSi.2C20H11N2O2.C15H11N2O.C15H18NSi.3Ir/c1-24(2,3)21-16-22(25-17-23(21)26(4,5)6)20-14-10-13-19(15-20)18-11-8-7-9-12-18;1-16-13-20(22-15-21(16)23(2,3)4)19-12-8-11-18(14-19)17-9-6-5-7-10-17;2*1-2-6-13(7-3-1)19-21-22-20(24-19)14-10-11-16-15-8-4-5-9-17(15)23-18(16)12-14;1-11-7-9-13(10-8-11)15-17-16-14(18-15)12-5-3-2-4-6-12;1-12-10-14(13-8-6-5-7-9-13)16-11-15(12)17(2,3)4;;;/h7-13,15-17H,1-6H3;5-11,13-15H,1-4H3;2*1-9,11-12H;2-5,7-10H,1H3;5-8,10-11H,1-4H3;;;/q6*-1;;;. The Morgan fingerprint density at radius 2 is 0.585 bits per heavy atom. The van der Waals surface area contributed by atoms with Gasteiger partial charge in [0.2, 0.25) is 17.7 Å². The van der Waals surface area contributed by atoms with E-state index in [0.29, 0.717) is 35.3 Å². The molecule has 0 unspecified atom stereocenters. The molecule has 0 aliphatic carbocycles. The van der Waals surface area contributed by atoms with Crippen LogP contribution in [0.4, 0.5) is 0 Å². The maximum Gasteiger partial charge on any atom is 0.237 e. The maximum absolute atomic E-state index is 5.90. The van der Waals surface area contributed by atoms with E-state index in [1.54, 1.807) is 0 Å². The van der Waals surface area contributed by atoms with Crippen molar-refractivity contribution in [3.63, 3.8) is 0 Å².